The molecule has 0 aliphatic heterocycles. The van der Waals surface area contributed by atoms with Crippen LogP contribution < -0.4 is 11.1 Å². The van der Waals surface area contributed by atoms with E-state index < -0.39 is 12.0 Å². The molecule has 5 N–H and O–H groups in total. The number of aromatic hydroxyl groups is 1. The van der Waals surface area contributed by atoms with E-state index in [0.717, 1.165) is 37.7 Å². The number of carboxylic acids is 1. The summed E-state index contributed by atoms with van der Waals surface area (Å²) in [6, 6.07) is 5.89. The van der Waals surface area contributed by atoms with Gasteiger partial charge < -0.3 is 21.3 Å². The smallest absolute Gasteiger partial charge is 0.303 e. The van der Waals surface area contributed by atoms with Gasteiger partial charge in [-0.15, -0.1) is 0 Å². The van der Waals surface area contributed by atoms with Gasteiger partial charge >= 0.3 is 5.97 Å². The Labute approximate surface area is 142 Å². The molecule has 1 atom stereocenters. The molecular formula is C18H26N2O4. The summed E-state index contributed by atoms with van der Waals surface area (Å²) in [5.41, 5.74) is 6.48. The number of carboxylic acid groups (broad SMARTS) is 1. The first kappa shape index (κ1) is 18.3. The summed E-state index contributed by atoms with van der Waals surface area (Å²) >= 11 is 0. The fraction of sp³-hybridized carbons (Fsp3) is 0.556. The molecule has 1 aliphatic rings. The van der Waals surface area contributed by atoms with Crippen molar-refractivity contribution in [3.05, 3.63) is 29.8 Å². The average molecular weight is 334 g/mol. The number of nitrogens with one attached hydrogen (secondary N) is 1. The lowest BCUT2D eigenvalue weighted by Gasteiger charge is -2.36. The second kappa shape index (κ2) is 8.15. The van der Waals surface area contributed by atoms with Gasteiger partial charge in [-0.1, -0.05) is 31.4 Å². The maximum absolute atomic E-state index is 12.3. The van der Waals surface area contributed by atoms with Crippen molar-refractivity contribution in [1.82, 2.24) is 5.32 Å². The molecule has 0 heterocycles. The highest BCUT2D eigenvalue weighted by atomic mass is 16.4. The lowest BCUT2D eigenvalue weighted by Crippen LogP contribution is -2.47. The second-order valence-electron chi connectivity index (χ2n) is 6.83. The molecule has 1 unspecified atom stereocenters. The van der Waals surface area contributed by atoms with Crippen LogP contribution in [-0.2, 0) is 16.0 Å². The average Bonchev–Trinajstić information content (AvgIpc) is 2.55. The predicted octanol–water partition coefficient (Wildman–Crippen LogP) is 1.80. The van der Waals surface area contributed by atoms with Crippen LogP contribution in [0, 0.1) is 5.41 Å². The van der Waals surface area contributed by atoms with Gasteiger partial charge in [-0.3, -0.25) is 9.59 Å². The Hall–Kier alpha value is -2.08. The maximum Gasteiger partial charge on any atom is 0.303 e. The molecule has 0 bridgehead atoms. The van der Waals surface area contributed by atoms with Gasteiger partial charge in [-0.25, -0.2) is 0 Å². The standard InChI is InChI=1S/C18H26N2O4/c19-15(10-13-4-6-14(21)7-5-13)17(24)20-12-18(11-16(22)23)8-2-1-3-9-18/h4-7,15,21H,1-3,8-12,19H2,(H,20,24)(H,22,23). The van der Waals surface area contributed by atoms with E-state index in [1.54, 1.807) is 24.3 Å². The first-order chi connectivity index (χ1) is 11.4. The van der Waals surface area contributed by atoms with Gasteiger partial charge in [-0.05, 0) is 42.4 Å². The second-order valence-corrected chi connectivity index (χ2v) is 6.83. The van der Waals surface area contributed by atoms with Gasteiger partial charge in [0.15, 0.2) is 0 Å². The normalized spacial score (nSPS) is 17.9. The van der Waals surface area contributed by atoms with Crippen molar-refractivity contribution in [2.24, 2.45) is 11.1 Å². The zero-order chi connectivity index (χ0) is 17.6. The van der Waals surface area contributed by atoms with Crippen molar-refractivity contribution in [1.29, 1.82) is 0 Å². The summed E-state index contributed by atoms with van der Waals surface area (Å²) < 4.78 is 0. The van der Waals surface area contributed by atoms with Crippen LogP contribution in [0.5, 0.6) is 5.75 Å². The molecule has 0 spiro atoms. The highest BCUT2D eigenvalue weighted by Gasteiger charge is 2.35. The number of nitrogens with two attached hydrogens (primary N) is 1. The van der Waals surface area contributed by atoms with Gasteiger partial charge in [0.1, 0.15) is 5.75 Å². The van der Waals surface area contributed by atoms with Crippen LogP contribution >= 0.6 is 0 Å². The monoisotopic (exact) mass is 334 g/mol. The topological polar surface area (TPSA) is 113 Å². The third-order valence-electron chi connectivity index (χ3n) is 4.81. The van der Waals surface area contributed by atoms with E-state index in [-0.39, 0.29) is 23.5 Å². The molecule has 1 amide bonds. The number of amides is 1. The molecule has 1 fully saturated rings. The minimum absolute atomic E-state index is 0.0838. The van der Waals surface area contributed by atoms with Gasteiger partial charge in [-0.2, -0.15) is 0 Å². The van der Waals surface area contributed by atoms with Crippen LogP contribution in [0.15, 0.2) is 24.3 Å². The molecule has 132 valence electrons. The van der Waals surface area contributed by atoms with Gasteiger partial charge in [0, 0.05) is 6.54 Å². The largest absolute Gasteiger partial charge is 0.508 e. The van der Waals surface area contributed by atoms with E-state index in [1.165, 1.54) is 0 Å². The summed E-state index contributed by atoms with van der Waals surface area (Å²) in [6.07, 6.45) is 5.24. The molecule has 6 heteroatoms. The Balaban J connectivity index is 1.89. The number of hydrogen-bond acceptors (Lipinski definition) is 4. The molecule has 24 heavy (non-hydrogen) atoms. The summed E-state index contributed by atoms with van der Waals surface area (Å²) in [5.74, 6) is -0.914. The zero-order valence-corrected chi connectivity index (χ0v) is 13.8. The molecule has 6 nitrogen and oxygen atoms in total. The number of hydrogen-bond donors (Lipinski definition) is 4. The Morgan fingerprint density at radius 3 is 2.38 bits per heavy atom. The third kappa shape index (κ3) is 5.23. The lowest BCUT2D eigenvalue weighted by molar-refractivity contribution is -0.140. The SMILES string of the molecule is NC(Cc1ccc(O)cc1)C(=O)NCC1(CC(=O)O)CCCCC1. The molecule has 0 saturated heterocycles. The van der Waals surface area contributed by atoms with Crippen LogP contribution in [0.1, 0.15) is 44.1 Å². The highest BCUT2D eigenvalue weighted by Crippen LogP contribution is 2.38. The van der Waals surface area contributed by atoms with E-state index >= 15 is 0 Å². The first-order valence-corrected chi connectivity index (χ1v) is 8.43. The predicted molar refractivity (Wildman–Crippen MR) is 90.6 cm³/mol. The zero-order valence-electron chi connectivity index (χ0n) is 13.8. The number of phenolic OH excluding ortho intramolecular Hbond substituents is 1. The number of carbonyl (C=O) groups excluding carboxylic acids is 1. The Kier molecular flexibility index (Phi) is 6.20. The van der Waals surface area contributed by atoms with Crippen molar-refractivity contribution < 1.29 is 19.8 Å². The van der Waals surface area contributed by atoms with Crippen molar-refractivity contribution in [3.8, 4) is 5.75 Å². The number of carbonyl (C=O) groups is 2. The molecule has 1 aliphatic carbocycles. The minimum atomic E-state index is -0.820. The quantitative estimate of drug-likeness (QED) is 0.607. The summed E-state index contributed by atoms with van der Waals surface area (Å²) in [4.78, 5) is 23.4. The highest BCUT2D eigenvalue weighted by molar-refractivity contribution is 5.82. The van der Waals surface area contributed by atoms with E-state index in [2.05, 4.69) is 5.32 Å². The van der Waals surface area contributed by atoms with Crippen molar-refractivity contribution in [3.63, 3.8) is 0 Å². The lowest BCUT2D eigenvalue weighted by atomic mass is 9.71. The number of aliphatic carboxylic acids is 1. The van der Waals surface area contributed by atoms with Crippen molar-refractivity contribution in [2.45, 2.75) is 51.0 Å². The van der Waals surface area contributed by atoms with Crippen LogP contribution in [0.2, 0.25) is 0 Å². The van der Waals surface area contributed by atoms with E-state index in [0.29, 0.717) is 13.0 Å². The fourth-order valence-electron chi connectivity index (χ4n) is 3.42. The molecule has 0 radical (unpaired) electrons. The van der Waals surface area contributed by atoms with Crippen molar-refractivity contribution in [2.75, 3.05) is 6.54 Å². The van der Waals surface area contributed by atoms with Crippen LogP contribution in [0.4, 0.5) is 0 Å². The Morgan fingerprint density at radius 2 is 1.79 bits per heavy atom. The Morgan fingerprint density at radius 1 is 1.17 bits per heavy atom. The molecule has 1 aromatic rings. The molecular weight excluding hydrogens is 308 g/mol. The van der Waals surface area contributed by atoms with Gasteiger partial charge in [0.2, 0.25) is 5.91 Å². The molecule has 0 aromatic heterocycles. The summed E-state index contributed by atoms with van der Waals surface area (Å²) in [5, 5.41) is 21.3. The number of phenols is 1. The van der Waals surface area contributed by atoms with E-state index in [4.69, 9.17) is 10.8 Å². The van der Waals surface area contributed by atoms with Crippen molar-refractivity contribution >= 4 is 11.9 Å². The van der Waals surface area contributed by atoms with Gasteiger partial charge in [0.05, 0.1) is 12.5 Å². The Bertz CT molecular complexity index is 565. The van der Waals surface area contributed by atoms with Gasteiger partial charge in [0.25, 0.3) is 0 Å². The molecule has 2 rings (SSSR count). The fourth-order valence-corrected chi connectivity index (χ4v) is 3.42. The maximum atomic E-state index is 12.3. The number of rotatable bonds is 7. The molecule has 1 aromatic carbocycles. The van der Waals surface area contributed by atoms with Crippen LogP contribution in [-0.4, -0.2) is 34.7 Å². The summed E-state index contributed by atoms with van der Waals surface area (Å²) in [6.45, 7) is 0.363. The van der Waals surface area contributed by atoms with Crippen LogP contribution in [0.25, 0.3) is 0 Å². The minimum Gasteiger partial charge on any atom is -0.508 e. The van der Waals surface area contributed by atoms with E-state index in [1.807, 2.05) is 0 Å². The third-order valence-corrected chi connectivity index (χ3v) is 4.81. The molecule has 1 saturated carbocycles. The number of benzene rings is 1. The first-order valence-electron chi connectivity index (χ1n) is 8.43. The summed E-state index contributed by atoms with van der Waals surface area (Å²) in [7, 11) is 0. The van der Waals surface area contributed by atoms with Crippen LogP contribution in [0.3, 0.4) is 0 Å². The van der Waals surface area contributed by atoms with E-state index in [9.17, 15) is 14.7 Å².